The number of pyridine rings is 1. The fraction of sp³-hybridized carbons (Fsp3) is 0.400. The third-order valence-corrected chi connectivity index (χ3v) is 4.07. The van der Waals surface area contributed by atoms with Crippen LogP contribution in [-0.4, -0.2) is 51.0 Å². The number of aromatic nitrogens is 1. The molecule has 6 nitrogen and oxygen atoms in total. The molecule has 1 aromatic heterocycles. The quantitative estimate of drug-likeness (QED) is 0.732. The van der Waals surface area contributed by atoms with E-state index in [1.807, 2.05) is 12.1 Å². The van der Waals surface area contributed by atoms with Crippen LogP contribution in [0.25, 0.3) is 10.9 Å². The number of nitrogens with zero attached hydrogens (tertiary/aromatic N) is 1. The summed E-state index contributed by atoms with van der Waals surface area (Å²) in [6, 6.07) is 8.88. The van der Waals surface area contributed by atoms with Crippen molar-refractivity contribution < 1.29 is 24.8 Å². The number of ether oxygens (including phenoxy) is 2. The van der Waals surface area contributed by atoms with Crippen molar-refractivity contribution in [3.8, 4) is 5.75 Å². The number of aliphatic hydroxyl groups is 3. The summed E-state index contributed by atoms with van der Waals surface area (Å²) in [4.78, 5) is 4.19. The molecular weight excluding hydrogens is 310 g/mol. The topological polar surface area (TPSA) is 92.0 Å². The molecule has 0 spiro atoms. The maximum absolute atomic E-state index is 10.1. The molecule has 0 aliphatic carbocycles. The first kappa shape index (κ1) is 15.5. The van der Waals surface area contributed by atoms with Gasteiger partial charge in [-0.1, -0.05) is 11.6 Å². The maximum atomic E-state index is 10.1. The second kappa shape index (κ2) is 5.64. The molecule has 0 radical (unpaired) electrons. The van der Waals surface area contributed by atoms with Crippen LogP contribution in [0.3, 0.4) is 0 Å². The van der Waals surface area contributed by atoms with Gasteiger partial charge in [0.05, 0.1) is 5.52 Å². The molecule has 7 heteroatoms. The standard InChI is InChI=1S/C15H16ClNO5/c1-15(20)11(22-14(19)13(15)18)7-21-9-4-2-8-3-5-12(16)17-10(8)6-9/h2-6,11,13-14,18-20H,7H2,1H3/t11-,13+,14?,15-/m1/s1. The first-order valence-electron chi connectivity index (χ1n) is 6.81. The summed E-state index contributed by atoms with van der Waals surface area (Å²) < 4.78 is 10.7. The van der Waals surface area contributed by atoms with E-state index in [1.54, 1.807) is 18.2 Å². The monoisotopic (exact) mass is 325 g/mol. The lowest BCUT2D eigenvalue weighted by Crippen LogP contribution is -2.47. The predicted molar refractivity (Wildman–Crippen MR) is 79.8 cm³/mol. The fourth-order valence-corrected chi connectivity index (χ4v) is 2.56. The van der Waals surface area contributed by atoms with Crippen molar-refractivity contribution in [1.82, 2.24) is 4.98 Å². The average molecular weight is 326 g/mol. The van der Waals surface area contributed by atoms with Gasteiger partial charge >= 0.3 is 0 Å². The average Bonchev–Trinajstić information content (AvgIpc) is 2.67. The Labute approximate surface area is 131 Å². The lowest BCUT2D eigenvalue weighted by Gasteiger charge is -2.25. The van der Waals surface area contributed by atoms with Gasteiger partial charge in [-0.15, -0.1) is 0 Å². The van der Waals surface area contributed by atoms with Crippen molar-refractivity contribution in [3.05, 3.63) is 35.5 Å². The highest BCUT2D eigenvalue weighted by atomic mass is 35.5. The third kappa shape index (κ3) is 2.76. The van der Waals surface area contributed by atoms with Gasteiger partial charge in [-0.25, -0.2) is 4.98 Å². The molecule has 1 saturated heterocycles. The summed E-state index contributed by atoms with van der Waals surface area (Å²) in [6.45, 7) is 1.37. The summed E-state index contributed by atoms with van der Waals surface area (Å²) in [5.41, 5.74) is -0.901. The van der Waals surface area contributed by atoms with E-state index in [9.17, 15) is 15.3 Å². The molecule has 1 fully saturated rings. The molecule has 0 saturated carbocycles. The Balaban J connectivity index is 1.74. The maximum Gasteiger partial charge on any atom is 0.184 e. The predicted octanol–water partition coefficient (Wildman–Crippen LogP) is 1.10. The number of rotatable bonds is 3. The molecule has 1 aliphatic rings. The van der Waals surface area contributed by atoms with Gasteiger partial charge in [0.2, 0.25) is 0 Å². The Morgan fingerprint density at radius 2 is 2.05 bits per heavy atom. The zero-order chi connectivity index (χ0) is 15.9. The molecular formula is C15H16ClNO5. The van der Waals surface area contributed by atoms with Crippen LogP contribution in [0.15, 0.2) is 30.3 Å². The summed E-state index contributed by atoms with van der Waals surface area (Å²) in [5.74, 6) is 0.526. The van der Waals surface area contributed by atoms with Crippen molar-refractivity contribution in [2.45, 2.75) is 31.0 Å². The van der Waals surface area contributed by atoms with Crippen molar-refractivity contribution in [2.75, 3.05) is 6.61 Å². The molecule has 0 amide bonds. The number of benzene rings is 1. The van der Waals surface area contributed by atoms with Gasteiger partial charge in [0.15, 0.2) is 6.29 Å². The number of halogens is 1. The van der Waals surface area contributed by atoms with Gasteiger partial charge in [-0.05, 0) is 31.2 Å². The van der Waals surface area contributed by atoms with Crippen LogP contribution >= 0.6 is 11.6 Å². The van der Waals surface area contributed by atoms with Gasteiger partial charge in [-0.2, -0.15) is 0 Å². The van der Waals surface area contributed by atoms with Gasteiger partial charge in [0, 0.05) is 11.5 Å². The molecule has 22 heavy (non-hydrogen) atoms. The van der Waals surface area contributed by atoms with E-state index in [4.69, 9.17) is 21.1 Å². The highest BCUT2D eigenvalue weighted by Crippen LogP contribution is 2.30. The van der Waals surface area contributed by atoms with Crippen molar-refractivity contribution in [3.63, 3.8) is 0 Å². The Morgan fingerprint density at radius 1 is 1.32 bits per heavy atom. The minimum absolute atomic E-state index is 0.0206. The molecule has 3 N–H and O–H groups in total. The molecule has 1 unspecified atom stereocenters. The zero-order valence-electron chi connectivity index (χ0n) is 11.8. The molecule has 2 aromatic rings. The van der Waals surface area contributed by atoms with Crippen molar-refractivity contribution >= 4 is 22.5 Å². The number of fused-ring (bicyclic) bond motifs is 1. The Bertz CT molecular complexity index is 693. The number of hydrogen-bond donors (Lipinski definition) is 3. The molecule has 1 aliphatic heterocycles. The van der Waals surface area contributed by atoms with Gasteiger partial charge < -0.3 is 24.8 Å². The summed E-state index contributed by atoms with van der Waals surface area (Å²) in [6.07, 6.45) is -3.65. The third-order valence-electron chi connectivity index (χ3n) is 3.86. The molecule has 4 atom stereocenters. The van der Waals surface area contributed by atoms with Crippen LogP contribution in [0.2, 0.25) is 5.15 Å². The molecule has 3 rings (SSSR count). The minimum atomic E-state index is -1.59. The first-order chi connectivity index (χ1) is 10.4. The molecule has 0 bridgehead atoms. The summed E-state index contributed by atoms with van der Waals surface area (Å²) in [5, 5.41) is 30.6. The van der Waals surface area contributed by atoms with E-state index in [2.05, 4.69) is 4.98 Å². The Kier molecular flexibility index (Phi) is 3.96. The molecule has 2 heterocycles. The number of aliphatic hydroxyl groups excluding tert-OH is 2. The first-order valence-corrected chi connectivity index (χ1v) is 7.19. The largest absolute Gasteiger partial charge is 0.491 e. The van der Waals surface area contributed by atoms with Crippen molar-refractivity contribution in [2.24, 2.45) is 0 Å². The second-order valence-corrected chi connectivity index (χ2v) is 5.87. The minimum Gasteiger partial charge on any atom is -0.491 e. The smallest absolute Gasteiger partial charge is 0.184 e. The lowest BCUT2D eigenvalue weighted by molar-refractivity contribution is -0.131. The molecule has 1 aromatic carbocycles. The van der Waals surface area contributed by atoms with Gasteiger partial charge in [-0.3, -0.25) is 0 Å². The summed E-state index contributed by atoms with van der Waals surface area (Å²) >= 11 is 5.86. The van der Waals surface area contributed by atoms with Gasteiger partial charge in [0.25, 0.3) is 0 Å². The second-order valence-electron chi connectivity index (χ2n) is 5.49. The Morgan fingerprint density at radius 3 is 2.73 bits per heavy atom. The van der Waals surface area contributed by atoms with E-state index >= 15 is 0 Å². The van der Waals surface area contributed by atoms with E-state index in [-0.39, 0.29) is 6.61 Å². The van der Waals surface area contributed by atoms with Crippen LogP contribution in [-0.2, 0) is 4.74 Å². The zero-order valence-corrected chi connectivity index (χ0v) is 12.6. The van der Waals surface area contributed by atoms with E-state index < -0.39 is 24.1 Å². The highest BCUT2D eigenvalue weighted by Gasteiger charge is 2.51. The number of hydrogen-bond acceptors (Lipinski definition) is 6. The highest BCUT2D eigenvalue weighted by molar-refractivity contribution is 6.29. The fourth-order valence-electron chi connectivity index (χ4n) is 2.40. The van der Waals surface area contributed by atoms with E-state index in [1.165, 1.54) is 6.92 Å². The van der Waals surface area contributed by atoms with E-state index in [0.29, 0.717) is 16.4 Å². The Hall–Kier alpha value is -1.44. The van der Waals surface area contributed by atoms with E-state index in [0.717, 1.165) is 5.39 Å². The summed E-state index contributed by atoms with van der Waals surface area (Å²) in [7, 11) is 0. The van der Waals surface area contributed by atoms with Crippen molar-refractivity contribution in [1.29, 1.82) is 0 Å². The van der Waals surface area contributed by atoms with Crippen LogP contribution in [0.4, 0.5) is 0 Å². The molecule has 118 valence electrons. The van der Waals surface area contributed by atoms with Crippen LogP contribution < -0.4 is 4.74 Å². The normalized spacial score (nSPS) is 31.6. The van der Waals surface area contributed by atoms with Gasteiger partial charge in [0.1, 0.15) is 35.3 Å². The van der Waals surface area contributed by atoms with Crippen LogP contribution in [0.1, 0.15) is 6.92 Å². The van der Waals surface area contributed by atoms with Crippen LogP contribution in [0.5, 0.6) is 5.75 Å². The SMILES string of the molecule is C[C@@]1(O)[C@@H](COc2ccc3ccc(Cl)nc3c2)OC(O)[C@@H]1O. The lowest BCUT2D eigenvalue weighted by atomic mass is 9.95. The van der Waals surface area contributed by atoms with Crippen LogP contribution in [0, 0.1) is 0 Å².